The fourth-order valence-corrected chi connectivity index (χ4v) is 1.75. The number of hydrogen-bond acceptors (Lipinski definition) is 5. The summed E-state index contributed by atoms with van der Waals surface area (Å²) in [6, 6.07) is 5.66. The van der Waals surface area contributed by atoms with Crippen molar-refractivity contribution in [2.24, 2.45) is 0 Å². The zero-order chi connectivity index (χ0) is 13.0. The first-order valence-corrected chi connectivity index (χ1v) is 5.94. The molecule has 0 fully saturated rings. The summed E-state index contributed by atoms with van der Waals surface area (Å²) >= 11 is 0. The lowest BCUT2D eigenvalue weighted by atomic mass is 10.2. The third kappa shape index (κ3) is 2.51. The molecule has 2 rings (SSSR count). The van der Waals surface area contributed by atoms with Gasteiger partial charge in [-0.1, -0.05) is 6.92 Å². The number of methoxy groups -OCH3 is 1. The zero-order valence-corrected chi connectivity index (χ0v) is 10.6. The number of anilines is 1. The highest BCUT2D eigenvalue weighted by Gasteiger charge is 2.09. The van der Waals surface area contributed by atoms with Crippen LogP contribution in [0.4, 0.5) is 5.82 Å². The van der Waals surface area contributed by atoms with Crippen LogP contribution in [0.3, 0.4) is 0 Å². The number of aliphatic hydroxyl groups excluding tert-OH is 1. The van der Waals surface area contributed by atoms with E-state index in [9.17, 15) is 5.11 Å². The molecule has 0 amide bonds. The van der Waals surface area contributed by atoms with Gasteiger partial charge in [0.05, 0.1) is 25.3 Å². The molecule has 1 aromatic heterocycles. The van der Waals surface area contributed by atoms with Gasteiger partial charge in [-0.05, 0) is 18.6 Å². The molecule has 0 radical (unpaired) electrons. The van der Waals surface area contributed by atoms with E-state index in [1.54, 1.807) is 7.11 Å². The summed E-state index contributed by atoms with van der Waals surface area (Å²) in [5, 5.41) is 13.4. The smallest absolute Gasteiger partial charge is 0.137 e. The minimum Gasteiger partial charge on any atom is -0.497 e. The van der Waals surface area contributed by atoms with Crippen LogP contribution in [0.2, 0.25) is 0 Å². The van der Waals surface area contributed by atoms with Crippen LogP contribution in [0.25, 0.3) is 10.9 Å². The van der Waals surface area contributed by atoms with Crippen LogP contribution in [0.5, 0.6) is 5.75 Å². The van der Waals surface area contributed by atoms with Crippen molar-refractivity contribution in [1.82, 2.24) is 9.97 Å². The summed E-state index contributed by atoms with van der Waals surface area (Å²) in [5.41, 5.74) is 0.819. The highest BCUT2D eigenvalue weighted by Crippen LogP contribution is 2.24. The highest BCUT2D eigenvalue weighted by atomic mass is 16.5. The number of nitrogens with one attached hydrogen (secondary N) is 1. The molecule has 0 aliphatic heterocycles. The number of fused-ring (bicyclic) bond motifs is 1. The van der Waals surface area contributed by atoms with E-state index in [1.807, 2.05) is 25.1 Å². The van der Waals surface area contributed by atoms with Crippen molar-refractivity contribution >= 4 is 16.7 Å². The maximum atomic E-state index is 9.22. The summed E-state index contributed by atoms with van der Waals surface area (Å²) in [6.45, 7) is 2.10. The average Bonchev–Trinajstić information content (AvgIpc) is 2.44. The second-order valence-electron chi connectivity index (χ2n) is 4.04. The SMILES string of the molecule is CCC(CO)Nc1ncnc2cc(OC)ccc12. The van der Waals surface area contributed by atoms with Gasteiger partial charge in [0.25, 0.3) is 0 Å². The normalized spacial score (nSPS) is 12.4. The largest absolute Gasteiger partial charge is 0.497 e. The van der Waals surface area contributed by atoms with Gasteiger partial charge in [0.1, 0.15) is 17.9 Å². The Bertz CT molecular complexity index is 527. The van der Waals surface area contributed by atoms with Crippen LogP contribution in [-0.2, 0) is 0 Å². The van der Waals surface area contributed by atoms with E-state index >= 15 is 0 Å². The van der Waals surface area contributed by atoms with E-state index in [1.165, 1.54) is 6.33 Å². The minimum absolute atomic E-state index is 0.00482. The Kier molecular flexibility index (Phi) is 3.94. The van der Waals surface area contributed by atoms with Gasteiger partial charge in [0.2, 0.25) is 0 Å². The number of rotatable bonds is 5. The molecule has 1 unspecified atom stereocenters. The Labute approximate surface area is 106 Å². The van der Waals surface area contributed by atoms with E-state index in [0.29, 0.717) is 0 Å². The lowest BCUT2D eigenvalue weighted by Crippen LogP contribution is -2.23. The van der Waals surface area contributed by atoms with Crippen LogP contribution < -0.4 is 10.1 Å². The van der Waals surface area contributed by atoms with Gasteiger partial charge in [-0.2, -0.15) is 0 Å². The maximum absolute atomic E-state index is 9.22. The molecule has 0 saturated carbocycles. The molecular weight excluding hydrogens is 230 g/mol. The first kappa shape index (κ1) is 12.6. The second-order valence-corrected chi connectivity index (χ2v) is 4.04. The van der Waals surface area contributed by atoms with Crippen molar-refractivity contribution in [2.45, 2.75) is 19.4 Å². The summed E-state index contributed by atoms with van der Waals surface area (Å²) in [4.78, 5) is 8.44. The monoisotopic (exact) mass is 247 g/mol. The van der Waals surface area contributed by atoms with Gasteiger partial charge >= 0.3 is 0 Å². The Morgan fingerprint density at radius 3 is 2.89 bits per heavy atom. The molecule has 5 heteroatoms. The van der Waals surface area contributed by atoms with Gasteiger partial charge in [-0.3, -0.25) is 0 Å². The quantitative estimate of drug-likeness (QED) is 0.843. The summed E-state index contributed by atoms with van der Waals surface area (Å²) in [7, 11) is 1.63. The molecule has 96 valence electrons. The zero-order valence-electron chi connectivity index (χ0n) is 10.6. The minimum atomic E-state index is 0.00482. The van der Waals surface area contributed by atoms with E-state index < -0.39 is 0 Å². The molecule has 0 bridgehead atoms. The predicted octanol–water partition coefficient (Wildman–Crippen LogP) is 1.82. The van der Waals surface area contributed by atoms with Crippen LogP contribution in [0, 0.1) is 0 Å². The van der Waals surface area contributed by atoms with Gasteiger partial charge in [0, 0.05) is 11.5 Å². The first-order valence-electron chi connectivity index (χ1n) is 5.94. The summed E-state index contributed by atoms with van der Waals surface area (Å²) in [6.07, 6.45) is 2.34. The van der Waals surface area contributed by atoms with Crippen LogP contribution in [0.1, 0.15) is 13.3 Å². The molecule has 0 spiro atoms. The van der Waals surface area contributed by atoms with E-state index in [2.05, 4.69) is 15.3 Å². The Hall–Kier alpha value is -1.88. The van der Waals surface area contributed by atoms with E-state index in [0.717, 1.165) is 28.9 Å². The van der Waals surface area contributed by atoms with Crippen LogP contribution >= 0.6 is 0 Å². The molecule has 1 atom stereocenters. The van der Waals surface area contributed by atoms with Crippen molar-refractivity contribution < 1.29 is 9.84 Å². The lowest BCUT2D eigenvalue weighted by Gasteiger charge is -2.15. The number of aliphatic hydroxyl groups is 1. The fraction of sp³-hybridized carbons (Fsp3) is 0.385. The maximum Gasteiger partial charge on any atom is 0.137 e. The predicted molar refractivity (Wildman–Crippen MR) is 70.9 cm³/mol. The molecule has 2 aromatic rings. The standard InChI is InChI=1S/C13H17N3O2/c1-3-9(7-17)16-13-11-5-4-10(18-2)6-12(11)14-8-15-13/h4-6,8-9,17H,3,7H2,1-2H3,(H,14,15,16). The number of ether oxygens (including phenoxy) is 1. The number of aromatic nitrogens is 2. The summed E-state index contributed by atoms with van der Waals surface area (Å²) in [5.74, 6) is 1.50. The Balaban J connectivity index is 2.39. The average molecular weight is 247 g/mol. The van der Waals surface area contributed by atoms with Crippen molar-refractivity contribution in [1.29, 1.82) is 0 Å². The van der Waals surface area contributed by atoms with Gasteiger partial charge in [0.15, 0.2) is 0 Å². The molecule has 0 aliphatic carbocycles. The highest BCUT2D eigenvalue weighted by molar-refractivity contribution is 5.89. The molecule has 1 heterocycles. The third-order valence-corrected chi connectivity index (χ3v) is 2.90. The number of nitrogens with zero attached hydrogens (tertiary/aromatic N) is 2. The second kappa shape index (κ2) is 5.64. The van der Waals surface area contributed by atoms with Crippen molar-refractivity contribution in [2.75, 3.05) is 19.0 Å². The third-order valence-electron chi connectivity index (χ3n) is 2.90. The van der Waals surface area contributed by atoms with Crippen LogP contribution in [0.15, 0.2) is 24.5 Å². The molecule has 1 aromatic carbocycles. The van der Waals surface area contributed by atoms with Gasteiger partial charge < -0.3 is 15.2 Å². The molecule has 0 saturated heterocycles. The van der Waals surface area contributed by atoms with Crippen molar-refractivity contribution in [3.8, 4) is 5.75 Å². The molecular formula is C13H17N3O2. The van der Waals surface area contributed by atoms with Crippen molar-refractivity contribution in [3.05, 3.63) is 24.5 Å². The molecule has 2 N–H and O–H groups in total. The van der Waals surface area contributed by atoms with Gasteiger partial charge in [-0.25, -0.2) is 9.97 Å². The molecule has 5 nitrogen and oxygen atoms in total. The first-order chi connectivity index (χ1) is 8.78. The topological polar surface area (TPSA) is 67.3 Å². The number of hydrogen-bond donors (Lipinski definition) is 2. The lowest BCUT2D eigenvalue weighted by molar-refractivity contribution is 0.271. The fourth-order valence-electron chi connectivity index (χ4n) is 1.75. The Morgan fingerprint density at radius 2 is 2.22 bits per heavy atom. The van der Waals surface area contributed by atoms with E-state index in [-0.39, 0.29) is 12.6 Å². The summed E-state index contributed by atoms with van der Waals surface area (Å²) < 4.78 is 5.16. The van der Waals surface area contributed by atoms with Crippen molar-refractivity contribution in [3.63, 3.8) is 0 Å². The van der Waals surface area contributed by atoms with Crippen LogP contribution in [-0.4, -0.2) is 34.8 Å². The van der Waals surface area contributed by atoms with Gasteiger partial charge in [-0.15, -0.1) is 0 Å². The number of benzene rings is 1. The molecule has 0 aliphatic rings. The Morgan fingerprint density at radius 1 is 1.39 bits per heavy atom. The molecule has 18 heavy (non-hydrogen) atoms. The van der Waals surface area contributed by atoms with E-state index in [4.69, 9.17) is 4.74 Å².